The summed E-state index contributed by atoms with van der Waals surface area (Å²) in [4.78, 5) is 24.7. The molecule has 33 heavy (non-hydrogen) atoms. The minimum Gasteiger partial charge on any atom is -0.497 e. The number of aromatic nitrogens is 3. The SMILES string of the molecule is CCO[C@@H]1CN(c2nccs2)C[C@H]1Nc1c(CC)nc(-c2ccc(OC)cc2Cl)c(=O)n1C. The number of rotatable bonds is 8. The van der Waals surface area contributed by atoms with Gasteiger partial charge in [0, 0.05) is 43.9 Å². The summed E-state index contributed by atoms with van der Waals surface area (Å²) in [6, 6.07) is 5.22. The zero-order valence-electron chi connectivity index (χ0n) is 19.2. The van der Waals surface area contributed by atoms with E-state index >= 15 is 0 Å². The zero-order chi connectivity index (χ0) is 23.5. The molecule has 1 fully saturated rings. The van der Waals surface area contributed by atoms with Crippen molar-refractivity contribution in [1.82, 2.24) is 14.5 Å². The number of nitrogens with zero attached hydrogens (tertiary/aromatic N) is 4. The van der Waals surface area contributed by atoms with Crippen molar-refractivity contribution in [3.63, 3.8) is 0 Å². The number of anilines is 2. The van der Waals surface area contributed by atoms with Crippen LogP contribution in [0.1, 0.15) is 19.5 Å². The monoisotopic (exact) mass is 489 g/mol. The summed E-state index contributed by atoms with van der Waals surface area (Å²) in [6.45, 7) is 6.09. The molecule has 0 amide bonds. The molecule has 10 heteroatoms. The van der Waals surface area contributed by atoms with Gasteiger partial charge in [-0.25, -0.2) is 9.97 Å². The molecule has 176 valence electrons. The average Bonchev–Trinajstić information content (AvgIpc) is 3.48. The molecule has 1 saturated heterocycles. The van der Waals surface area contributed by atoms with E-state index in [0.29, 0.717) is 40.9 Å². The third-order valence-corrected chi connectivity index (χ3v) is 6.93. The molecular formula is C23H28ClN5O3S. The summed E-state index contributed by atoms with van der Waals surface area (Å²) >= 11 is 8.06. The van der Waals surface area contributed by atoms with Gasteiger partial charge in [0.2, 0.25) is 0 Å². The van der Waals surface area contributed by atoms with E-state index in [1.807, 2.05) is 25.4 Å². The molecule has 0 bridgehead atoms. The predicted molar refractivity (Wildman–Crippen MR) is 133 cm³/mol. The average molecular weight is 490 g/mol. The van der Waals surface area contributed by atoms with E-state index < -0.39 is 0 Å². The van der Waals surface area contributed by atoms with Gasteiger partial charge in [0.25, 0.3) is 5.56 Å². The molecule has 8 nitrogen and oxygen atoms in total. The van der Waals surface area contributed by atoms with E-state index in [9.17, 15) is 4.79 Å². The fourth-order valence-corrected chi connectivity index (χ4v) is 5.03. The van der Waals surface area contributed by atoms with Gasteiger partial charge in [-0.05, 0) is 31.5 Å². The maximum absolute atomic E-state index is 13.3. The molecule has 2 atom stereocenters. The Labute approximate surface area is 202 Å². The Morgan fingerprint density at radius 2 is 2.12 bits per heavy atom. The van der Waals surface area contributed by atoms with Crippen molar-refractivity contribution >= 4 is 33.9 Å². The van der Waals surface area contributed by atoms with Gasteiger partial charge in [-0.15, -0.1) is 11.3 Å². The van der Waals surface area contributed by atoms with Crippen molar-refractivity contribution in [2.24, 2.45) is 7.05 Å². The number of hydrogen-bond acceptors (Lipinski definition) is 8. The summed E-state index contributed by atoms with van der Waals surface area (Å²) in [7, 11) is 3.34. The second-order valence-corrected chi connectivity index (χ2v) is 9.06. The van der Waals surface area contributed by atoms with Crippen LogP contribution >= 0.6 is 22.9 Å². The lowest BCUT2D eigenvalue weighted by Gasteiger charge is -2.24. The van der Waals surface area contributed by atoms with Crippen LogP contribution in [0.15, 0.2) is 34.6 Å². The van der Waals surface area contributed by atoms with Gasteiger partial charge < -0.3 is 19.7 Å². The number of nitrogens with one attached hydrogen (secondary N) is 1. The molecular weight excluding hydrogens is 462 g/mol. The summed E-state index contributed by atoms with van der Waals surface area (Å²) < 4.78 is 12.9. The van der Waals surface area contributed by atoms with Gasteiger partial charge in [0.1, 0.15) is 17.3 Å². The normalized spacial score (nSPS) is 18.0. The highest BCUT2D eigenvalue weighted by molar-refractivity contribution is 7.13. The van der Waals surface area contributed by atoms with Crippen molar-refractivity contribution in [2.75, 3.05) is 37.0 Å². The van der Waals surface area contributed by atoms with Crippen molar-refractivity contribution in [3.05, 3.63) is 50.8 Å². The maximum atomic E-state index is 13.3. The highest BCUT2D eigenvalue weighted by atomic mass is 35.5. The van der Waals surface area contributed by atoms with Crippen LogP contribution in [0.4, 0.5) is 10.9 Å². The Morgan fingerprint density at radius 1 is 1.30 bits per heavy atom. The van der Waals surface area contributed by atoms with Crippen LogP contribution < -0.4 is 20.5 Å². The van der Waals surface area contributed by atoms with Crippen LogP contribution in [-0.2, 0) is 18.2 Å². The van der Waals surface area contributed by atoms with Crippen LogP contribution in [0, 0.1) is 0 Å². The number of ether oxygens (including phenoxy) is 2. The second kappa shape index (κ2) is 10.1. The third-order valence-electron chi connectivity index (χ3n) is 5.79. The van der Waals surface area contributed by atoms with Crippen molar-refractivity contribution in [1.29, 1.82) is 0 Å². The van der Waals surface area contributed by atoms with Gasteiger partial charge in [0.15, 0.2) is 5.13 Å². The van der Waals surface area contributed by atoms with Gasteiger partial charge >= 0.3 is 0 Å². The molecule has 3 aromatic rings. The standard InChI is InChI=1S/C23H28ClN5O3S/c1-5-17-21(27-18-12-29(13-19(18)32-6-2)23-25-9-10-33-23)28(3)22(30)20(26-17)15-8-7-14(31-4)11-16(15)24/h7-11,18-19,27H,5-6,12-13H2,1-4H3/t18-,19-/m1/s1. The first-order valence-corrected chi connectivity index (χ1v) is 12.2. The van der Waals surface area contributed by atoms with Crippen LogP contribution in [-0.4, -0.2) is 53.5 Å². The topological polar surface area (TPSA) is 81.5 Å². The molecule has 1 aromatic carbocycles. The van der Waals surface area contributed by atoms with E-state index in [2.05, 4.69) is 15.2 Å². The van der Waals surface area contributed by atoms with Gasteiger partial charge in [0.05, 0.1) is 30.0 Å². The predicted octanol–water partition coefficient (Wildman–Crippen LogP) is 3.83. The first kappa shape index (κ1) is 23.5. The lowest BCUT2D eigenvalue weighted by atomic mass is 10.1. The van der Waals surface area contributed by atoms with Gasteiger partial charge in [-0.1, -0.05) is 18.5 Å². The van der Waals surface area contributed by atoms with Crippen molar-refractivity contribution < 1.29 is 9.47 Å². The Morgan fingerprint density at radius 3 is 2.76 bits per heavy atom. The van der Waals surface area contributed by atoms with E-state index in [-0.39, 0.29) is 17.7 Å². The number of benzene rings is 1. The Balaban J connectivity index is 1.68. The first-order valence-electron chi connectivity index (χ1n) is 10.9. The lowest BCUT2D eigenvalue weighted by molar-refractivity contribution is 0.0719. The number of thiazole rings is 1. The minimum atomic E-state index is -0.218. The molecule has 1 N–H and O–H groups in total. The molecule has 0 radical (unpaired) electrons. The van der Waals surface area contributed by atoms with Gasteiger partial charge in [-0.2, -0.15) is 0 Å². The Bertz CT molecular complexity index is 1170. The van der Waals surface area contributed by atoms with E-state index in [1.54, 1.807) is 48.3 Å². The van der Waals surface area contributed by atoms with Crippen LogP contribution in [0.3, 0.4) is 0 Å². The number of methoxy groups -OCH3 is 1. The smallest absolute Gasteiger partial charge is 0.278 e. The highest BCUT2D eigenvalue weighted by Gasteiger charge is 2.35. The van der Waals surface area contributed by atoms with E-state index in [1.165, 1.54) is 0 Å². The molecule has 0 aliphatic carbocycles. The van der Waals surface area contributed by atoms with Crippen molar-refractivity contribution in [2.45, 2.75) is 32.4 Å². The summed E-state index contributed by atoms with van der Waals surface area (Å²) in [5.41, 5.74) is 1.48. The molecule has 0 unspecified atom stereocenters. The fourth-order valence-electron chi connectivity index (χ4n) is 4.11. The quantitative estimate of drug-likeness (QED) is 0.515. The molecule has 4 rings (SSSR count). The molecule has 1 aliphatic rings. The number of aryl methyl sites for hydroxylation is 1. The zero-order valence-corrected chi connectivity index (χ0v) is 20.7. The van der Waals surface area contributed by atoms with Crippen LogP contribution in [0.2, 0.25) is 5.02 Å². The molecule has 0 saturated carbocycles. The second-order valence-electron chi connectivity index (χ2n) is 7.78. The van der Waals surface area contributed by atoms with Gasteiger partial charge in [-0.3, -0.25) is 9.36 Å². The van der Waals surface area contributed by atoms with Crippen LogP contribution in [0.5, 0.6) is 5.75 Å². The van der Waals surface area contributed by atoms with Crippen molar-refractivity contribution in [3.8, 4) is 17.0 Å². The number of halogens is 1. The summed E-state index contributed by atoms with van der Waals surface area (Å²) in [5, 5.41) is 6.93. The lowest BCUT2D eigenvalue weighted by Crippen LogP contribution is -2.37. The first-order chi connectivity index (χ1) is 16.0. The van der Waals surface area contributed by atoms with Crippen LogP contribution in [0.25, 0.3) is 11.3 Å². The molecule has 0 spiro atoms. The summed E-state index contributed by atoms with van der Waals surface area (Å²) in [6.07, 6.45) is 2.43. The van der Waals surface area contributed by atoms with E-state index in [0.717, 1.165) is 23.9 Å². The van der Waals surface area contributed by atoms with E-state index in [4.69, 9.17) is 26.1 Å². The Kier molecular flexibility index (Phi) is 7.21. The molecule has 3 heterocycles. The maximum Gasteiger partial charge on any atom is 0.278 e. The molecule has 2 aromatic heterocycles. The third kappa shape index (κ3) is 4.71. The fraction of sp³-hybridized carbons (Fsp3) is 0.435. The summed E-state index contributed by atoms with van der Waals surface area (Å²) in [5.74, 6) is 1.33. The highest BCUT2D eigenvalue weighted by Crippen LogP contribution is 2.31. The molecule has 1 aliphatic heterocycles. The minimum absolute atomic E-state index is 0.0121. The number of hydrogen-bond donors (Lipinski definition) is 1. The largest absolute Gasteiger partial charge is 0.497 e. The Hall–Kier alpha value is -2.62.